The van der Waals surface area contributed by atoms with Gasteiger partial charge in [-0.15, -0.1) is 0 Å². The van der Waals surface area contributed by atoms with Crippen LogP contribution in [0.1, 0.15) is 13.8 Å². The summed E-state index contributed by atoms with van der Waals surface area (Å²) in [4.78, 5) is 22.7. The quantitative estimate of drug-likeness (QED) is 0.703. The maximum atomic E-state index is 11.8. The van der Waals surface area contributed by atoms with Gasteiger partial charge in [-0.1, -0.05) is 13.8 Å². The molecule has 0 spiro atoms. The van der Waals surface area contributed by atoms with Gasteiger partial charge in [0.2, 0.25) is 5.91 Å². The van der Waals surface area contributed by atoms with E-state index in [1.807, 2.05) is 0 Å². The second-order valence-electron chi connectivity index (χ2n) is 4.57. The molecule has 1 heterocycles. The second-order valence-corrected chi connectivity index (χ2v) is 4.57. The number of hydrogen-bond acceptors (Lipinski definition) is 3. The topological polar surface area (TPSA) is 95.1 Å². The Morgan fingerprint density at radius 3 is 2.62 bits per heavy atom. The van der Waals surface area contributed by atoms with Crippen LogP contribution in [-0.4, -0.2) is 27.2 Å². The smallest absolute Gasteiger partial charge is 0.307 e. The highest BCUT2D eigenvalue weighted by Gasteiger charge is 2.65. The molecule has 1 amide bonds. The first-order valence-electron chi connectivity index (χ1n) is 4.97. The largest absolute Gasteiger partial charge is 0.481 e. The van der Waals surface area contributed by atoms with Crippen molar-refractivity contribution in [3.8, 4) is 0 Å². The highest BCUT2D eigenvalue weighted by molar-refractivity contribution is 5.99. The van der Waals surface area contributed by atoms with Crippen LogP contribution in [-0.2, 0) is 9.59 Å². The van der Waals surface area contributed by atoms with Crippen LogP contribution < -0.4 is 5.32 Å². The number of carbonyl (C=O) groups excluding carboxylic acids is 1. The molecular formula is C10H13N3O3. The van der Waals surface area contributed by atoms with Gasteiger partial charge < -0.3 is 10.4 Å². The number of H-pyrrole nitrogens is 1. The minimum Gasteiger partial charge on any atom is -0.481 e. The molecule has 1 saturated carbocycles. The van der Waals surface area contributed by atoms with Crippen molar-refractivity contribution in [3.63, 3.8) is 0 Å². The van der Waals surface area contributed by atoms with Gasteiger partial charge in [-0.25, -0.2) is 0 Å². The molecule has 0 bridgehead atoms. The molecule has 1 aromatic rings. The summed E-state index contributed by atoms with van der Waals surface area (Å²) in [7, 11) is 0. The Kier molecular flexibility index (Phi) is 2.22. The van der Waals surface area contributed by atoms with E-state index < -0.39 is 23.2 Å². The van der Waals surface area contributed by atoms with Crippen LogP contribution in [0.5, 0.6) is 0 Å². The van der Waals surface area contributed by atoms with Gasteiger partial charge in [0.1, 0.15) is 5.82 Å². The van der Waals surface area contributed by atoms with Crippen LogP contribution in [0.4, 0.5) is 5.82 Å². The number of anilines is 1. The number of nitrogens with one attached hydrogen (secondary N) is 2. The molecule has 1 aliphatic rings. The summed E-state index contributed by atoms with van der Waals surface area (Å²) >= 11 is 0. The first-order chi connectivity index (χ1) is 7.44. The number of rotatable bonds is 3. The number of carboxylic acid groups (broad SMARTS) is 1. The number of hydrogen-bond donors (Lipinski definition) is 3. The van der Waals surface area contributed by atoms with Gasteiger partial charge in [0, 0.05) is 6.07 Å². The Bertz CT molecular complexity index is 425. The molecule has 1 aromatic heterocycles. The third kappa shape index (κ3) is 1.56. The van der Waals surface area contributed by atoms with E-state index in [2.05, 4.69) is 15.5 Å². The van der Waals surface area contributed by atoms with Gasteiger partial charge >= 0.3 is 5.97 Å². The Labute approximate surface area is 92.0 Å². The van der Waals surface area contributed by atoms with Gasteiger partial charge in [-0.2, -0.15) is 5.10 Å². The summed E-state index contributed by atoms with van der Waals surface area (Å²) in [6.07, 6.45) is 1.52. The summed E-state index contributed by atoms with van der Waals surface area (Å²) in [5.74, 6) is -1.79. The van der Waals surface area contributed by atoms with Crippen LogP contribution >= 0.6 is 0 Å². The van der Waals surface area contributed by atoms with Crippen molar-refractivity contribution in [3.05, 3.63) is 12.3 Å². The number of aliphatic carboxylic acids is 1. The van der Waals surface area contributed by atoms with Gasteiger partial charge in [-0.05, 0) is 5.41 Å². The Balaban J connectivity index is 2.05. The first kappa shape index (κ1) is 10.7. The highest BCUT2D eigenvalue weighted by atomic mass is 16.4. The van der Waals surface area contributed by atoms with Gasteiger partial charge in [0.25, 0.3) is 0 Å². The average molecular weight is 223 g/mol. The molecule has 0 unspecified atom stereocenters. The summed E-state index contributed by atoms with van der Waals surface area (Å²) < 4.78 is 0. The number of amides is 1. The zero-order valence-corrected chi connectivity index (χ0v) is 9.02. The zero-order valence-electron chi connectivity index (χ0n) is 9.02. The molecule has 0 aromatic carbocycles. The van der Waals surface area contributed by atoms with Gasteiger partial charge in [0.05, 0.1) is 18.0 Å². The van der Waals surface area contributed by atoms with E-state index in [9.17, 15) is 9.59 Å². The molecule has 0 aliphatic heterocycles. The molecule has 0 saturated heterocycles. The van der Waals surface area contributed by atoms with Crippen molar-refractivity contribution < 1.29 is 14.7 Å². The van der Waals surface area contributed by atoms with E-state index in [1.54, 1.807) is 19.9 Å². The van der Waals surface area contributed by atoms with Gasteiger partial charge in [0.15, 0.2) is 0 Å². The number of carbonyl (C=O) groups is 2. The lowest BCUT2D eigenvalue weighted by molar-refractivity contribution is -0.140. The van der Waals surface area contributed by atoms with Crippen LogP contribution in [0.15, 0.2) is 12.3 Å². The Morgan fingerprint density at radius 2 is 2.19 bits per heavy atom. The molecule has 86 valence electrons. The lowest BCUT2D eigenvalue weighted by Crippen LogP contribution is -2.17. The third-order valence-corrected chi connectivity index (χ3v) is 3.13. The monoisotopic (exact) mass is 223 g/mol. The summed E-state index contributed by atoms with van der Waals surface area (Å²) in [6.45, 7) is 3.56. The van der Waals surface area contributed by atoms with Crippen molar-refractivity contribution in [1.29, 1.82) is 0 Å². The fraction of sp³-hybridized carbons (Fsp3) is 0.500. The summed E-state index contributed by atoms with van der Waals surface area (Å²) in [6, 6.07) is 1.61. The predicted octanol–water partition coefficient (Wildman–Crippen LogP) is 0.705. The third-order valence-electron chi connectivity index (χ3n) is 3.13. The van der Waals surface area contributed by atoms with Crippen molar-refractivity contribution >= 4 is 17.7 Å². The fourth-order valence-electron chi connectivity index (χ4n) is 2.12. The first-order valence-corrected chi connectivity index (χ1v) is 4.97. The molecular weight excluding hydrogens is 210 g/mol. The molecule has 16 heavy (non-hydrogen) atoms. The van der Waals surface area contributed by atoms with Crippen LogP contribution in [0, 0.1) is 17.3 Å². The van der Waals surface area contributed by atoms with E-state index in [0.29, 0.717) is 5.82 Å². The molecule has 0 radical (unpaired) electrons. The lowest BCUT2D eigenvalue weighted by atomic mass is 10.1. The van der Waals surface area contributed by atoms with Crippen molar-refractivity contribution in [2.75, 3.05) is 5.32 Å². The number of aromatic amines is 1. The maximum Gasteiger partial charge on any atom is 0.307 e. The van der Waals surface area contributed by atoms with E-state index in [0.717, 1.165) is 0 Å². The van der Waals surface area contributed by atoms with Crippen LogP contribution in [0.2, 0.25) is 0 Å². The normalized spacial score (nSPS) is 26.1. The molecule has 1 fully saturated rings. The molecule has 6 nitrogen and oxygen atoms in total. The minimum absolute atomic E-state index is 0.276. The molecule has 1 aliphatic carbocycles. The summed E-state index contributed by atoms with van der Waals surface area (Å²) in [5.41, 5.74) is -0.476. The van der Waals surface area contributed by atoms with Crippen LogP contribution in [0.25, 0.3) is 0 Å². The van der Waals surface area contributed by atoms with Crippen molar-refractivity contribution in [2.45, 2.75) is 13.8 Å². The SMILES string of the molecule is CC1(C)[C@H](C(=O)O)[C@@H]1C(=O)Nc1ccn[nH]1. The highest BCUT2D eigenvalue weighted by Crippen LogP contribution is 2.58. The minimum atomic E-state index is -0.922. The second kappa shape index (κ2) is 3.33. The Morgan fingerprint density at radius 1 is 1.50 bits per heavy atom. The maximum absolute atomic E-state index is 11.8. The average Bonchev–Trinajstić information content (AvgIpc) is 2.58. The number of aromatic nitrogens is 2. The van der Waals surface area contributed by atoms with Crippen LogP contribution in [0.3, 0.4) is 0 Å². The molecule has 2 atom stereocenters. The van der Waals surface area contributed by atoms with Gasteiger partial charge in [-0.3, -0.25) is 14.7 Å². The fourth-order valence-corrected chi connectivity index (χ4v) is 2.12. The molecule has 3 N–H and O–H groups in total. The van der Waals surface area contributed by atoms with E-state index >= 15 is 0 Å². The molecule has 2 rings (SSSR count). The summed E-state index contributed by atoms with van der Waals surface area (Å²) in [5, 5.41) is 17.8. The predicted molar refractivity (Wildman–Crippen MR) is 55.6 cm³/mol. The van der Waals surface area contributed by atoms with E-state index in [1.165, 1.54) is 6.20 Å². The Hall–Kier alpha value is -1.85. The molecule has 6 heteroatoms. The standard InChI is InChI=1S/C10H13N3O3/c1-10(2)6(7(10)9(15)16)8(14)12-5-3-4-11-13-5/h3-4,6-7H,1-2H3,(H,15,16)(H2,11,12,13,14)/t6-,7+/m1/s1. The number of carboxylic acids is 1. The lowest BCUT2D eigenvalue weighted by Gasteiger charge is -2.02. The zero-order chi connectivity index (χ0) is 11.9. The number of nitrogens with zero attached hydrogens (tertiary/aromatic N) is 1. The van der Waals surface area contributed by atoms with Crippen molar-refractivity contribution in [2.24, 2.45) is 17.3 Å². The van der Waals surface area contributed by atoms with Crippen molar-refractivity contribution in [1.82, 2.24) is 10.2 Å². The van der Waals surface area contributed by atoms with E-state index in [-0.39, 0.29) is 5.91 Å². The van der Waals surface area contributed by atoms with E-state index in [4.69, 9.17) is 5.11 Å².